The van der Waals surface area contributed by atoms with E-state index in [1.54, 1.807) is 11.3 Å². The monoisotopic (exact) mass is 202 g/mol. The minimum absolute atomic E-state index is 0.147. The molecule has 0 aliphatic rings. The fourth-order valence-electron chi connectivity index (χ4n) is 0.981. The Labute approximate surface area is 81.4 Å². The van der Waals surface area contributed by atoms with E-state index in [1.165, 1.54) is 4.88 Å². The van der Waals surface area contributed by atoms with Gasteiger partial charge in [0, 0.05) is 11.3 Å². The minimum Gasteiger partial charge on any atom is -0.298 e. The molecule has 1 rings (SSSR count). The molecule has 0 atom stereocenters. The molecule has 0 aliphatic carbocycles. The van der Waals surface area contributed by atoms with Gasteiger partial charge in [-0.05, 0) is 24.3 Å². The molecule has 1 heterocycles. The number of thiophene rings is 1. The molecule has 1 aromatic rings. The second kappa shape index (κ2) is 5.33. The van der Waals surface area contributed by atoms with Crippen LogP contribution in [0.1, 0.15) is 17.7 Å². The molecule has 12 heavy (non-hydrogen) atoms. The average molecular weight is 203 g/mol. The van der Waals surface area contributed by atoms with Gasteiger partial charge in [-0.2, -0.15) is 0 Å². The van der Waals surface area contributed by atoms with Gasteiger partial charge in [-0.15, -0.1) is 22.9 Å². The Morgan fingerprint density at radius 2 is 2.42 bits per heavy atom. The van der Waals surface area contributed by atoms with E-state index in [0.29, 0.717) is 6.42 Å². The van der Waals surface area contributed by atoms with Crippen LogP contribution in [0.5, 0.6) is 0 Å². The molecule has 0 fully saturated rings. The van der Waals surface area contributed by atoms with E-state index in [4.69, 9.17) is 11.6 Å². The normalized spacial score (nSPS) is 10.1. The van der Waals surface area contributed by atoms with Crippen LogP contribution in [0.25, 0.3) is 0 Å². The number of hydrogen-bond acceptors (Lipinski definition) is 2. The lowest BCUT2D eigenvalue weighted by Gasteiger charge is -1.95. The molecular weight excluding hydrogens is 192 g/mol. The van der Waals surface area contributed by atoms with Crippen molar-refractivity contribution in [2.24, 2.45) is 0 Å². The molecule has 0 saturated heterocycles. The van der Waals surface area contributed by atoms with Crippen LogP contribution >= 0.6 is 22.9 Å². The topological polar surface area (TPSA) is 17.1 Å². The second-order valence-corrected chi connectivity index (χ2v) is 3.90. The highest BCUT2D eigenvalue weighted by molar-refractivity contribution is 7.09. The van der Waals surface area contributed by atoms with E-state index < -0.39 is 0 Å². The van der Waals surface area contributed by atoms with Crippen molar-refractivity contribution in [3.63, 3.8) is 0 Å². The van der Waals surface area contributed by atoms with Gasteiger partial charge in [0.15, 0.2) is 0 Å². The number of hydrogen-bond donors (Lipinski definition) is 0. The first kappa shape index (κ1) is 9.75. The molecule has 0 spiro atoms. The molecule has 0 aliphatic heterocycles. The summed E-state index contributed by atoms with van der Waals surface area (Å²) >= 11 is 7.10. The number of alkyl halides is 1. The summed E-state index contributed by atoms with van der Waals surface area (Å²) in [7, 11) is 0. The number of rotatable bonds is 5. The zero-order valence-corrected chi connectivity index (χ0v) is 8.33. The summed E-state index contributed by atoms with van der Waals surface area (Å²) in [5.41, 5.74) is 0. The summed E-state index contributed by atoms with van der Waals surface area (Å²) in [5.74, 6) is 0.304. The van der Waals surface area contributed by atoms with Gasteiger partial charge in [0.1, 0.15) is 5.78 Å². The third kappa shape index (κ3) is 3.37. The van der Waals surface area contributed by atoms with E-state index in [-0.39, 0.29) is 11.7 Å². The van der Waals surface area contributed by atoms with E-state index in [2.05, 4.69) is 11.4 Å². The highest BCUT2D eigenvalue weighted by Gasteiger charge is 1.99. The number of carbonyl (C=O) groups excluding carboxylic acids is 1. The highest BCUT2D eigenvalue weighted by Crippen LogP contribution is 2.11. The largest absolute Gasteiger partial charge is 0.298 e. The van der Waals surface area contributed by atoms with Gasteiger partial charge in [-0.3, -0.25) is 4.79 Å². The first-order chi connectivity index (χ1) is 5.83. The van der Waals surface area contributed by atoms with Crippen LogP contribution in [0, 0.1) is 0 Å². The lowest BCUT2D eigenvalue weighted by molar-refractivity contribution is -0.116. The fourth-order valence-corrected chi connectivity index (χ4v) is 1.87. The highest BCUT2D eigenvalue weighted by atomic mass is 35.5. The Morgan fingerprint density at radius 1 is 1.58 bits per heavy atom. The first-order valence-corrected chi connectivity index (χ1v) is 5.34. The maximum atomic E-state index is 10.8. The summed E-state index contributed by atoms with van der Waals surface area (Å²) in [4.78, 5) is 12.2. The predicted molar refractivity (Wildman–Crippen MR) is 53.0 cm³/mol. The molecule has 0 aromatic carbocycles. The van der Waals surface area contributed by atoms with Gasteiger partial charge < -0.3 is 0 Å². The lowest BCUT2D eigenvalue weighted by Crippen LogP contribution is -1.98. The van der Waals surface area contributed by atoms with Crippen LogP contribution in [0.4, 0.5) is 0 Å². The summed E-state index contributed by atoms with van der Waals surface area (Å²) in [6, 6.07) is 4.12. The standard InChI is InChI=1S/C9H11ClOS/c10-7-8(11)3-1-4-9-5-2-6-12-9/h2,5-6H,1,3-4,7H2. The van der Waals surface area contributed by atoms with Crippen LogP contribution in [0.15, 0.2) is 17.5 Å². The van der Waals surface area contributed by atoms with Crippen molar-refractivity contribution < 1.29 is 4.79 Å². The van der Waals surface area contributed by atoms with Crippen molar-refractivity contribution >= 4 is 28.7 Å². The Hall–Kier alpha value is -0.340. The Morgan fingerprint density at radius 3 is 3.00 bits per heavy atom. The third-order valence-corrected chi connectivity index (χ3v) is 2.84. The minimum atomic E-state index is 0.147. The lowest BCUT2D eigenvalue weighted by atomic mass is 10.2. The summed E-state index contributed by atoms with van der Waals surface area (Å²) in [6.45, 7) is 0. The van der Waals surface area contributed by atoms with Gasteiger partial charge in [-0.25, -0.2) is 0 Å². The van der Waals surface area contributed by atoms with Crippen molar-refractivity contribution in [3.8, 4) is 0 Å². The van der Waals surface area contributed by atoms with E-state index in [9.17, 15) is 4.79 Å². The van der Waals surface area contributed by atoms with Crippen molar-refractivity contribution in [2.75, 3.05) is 5.88 Å². The zero-order chi connectivity index (χ0) is 8.81. The van der Waals surface area contributed by atoms with E-state index >= 15 is 0 Å². The molecule has 1 nitrogen and oxygen atoms in total. The predicted octanol–water partition coefficient (Wildman–Crippen LogP) is 2.88. The van der Waals surface area contributed by atoms with Crippen LogP contribution in [0.2, 0.25) is 0 Å². The molecular formula is C9H11ClOS. The van der Waals surface area contributed by atoms with Gasteiger partial charge >= 0.3 is 0 Å². The molecule has 1 aromatic heterocycles. The number of aryl methyl sites for hydroxylation is 1. The maximum absolute atomic E-state index is 10.8. The summed E-state index contributed by atoms with van der Waals surface area (Å²) in [5, 5.41) is 2.05. The Bertz CT molecular complexity index is 231. The van der Waals surface area contributed by atoms with Gasteiger partial charge in [0.25, 0.3) is 0 Å². The molecule has 0 saturated carbocycles. The summed E-state index contributed by atoms with van der Waals surface area (Å²) < 4.78 is 0. The number of halogens is 1. The molecule has 66 valence electrons. The molecule has 0 bridgehead atoms. The number of Topliss-reactive ketones (excluding diaryl/α,β-unsaturated/α-hetero) is 1. The molecule has 0 N–H and O–H groups in total. The number of ketones is 1. The molecule has 0 radical (unpaired) electrons. The van der Waals surface area contributed by atoms with Crippen molar-refractivity contribution in [2.45, 2.75) is 19.3 Å². The van der Waals surface area contributed by atoms with Crippen LogP contribution in [0.3, 0.4) is 0 Å². The average Bonchev–Trinajstić information content (AvgIpc) is 2.57. The molecule has 3 heteroatoms. The van der Waals surface area contributed by atoms with E-state index in [0.717, 1.165) is 12.8 Å². The summed E-state index contributed by atoms with van der Waals surface area (Å²) in [6.07, 6.45) is 2.54. The van der Waals surface area contributed by atoms with Crippen LogP contribution < -0.4 is 0 Å². The Balaban J connectivity index is 2.15. The van der Waals surface area contributed by atoms with Gasteiger partial charge in [0.2, 0.25) is 0 Å². The van der Waals surface area contributed by atoms with Crippen LogP contribution in [-0.4, -0.2) is 11.7 Å². The van der Waals surface area contributed by atoms with Gasteiger partial charge in [0.05, 0.1) is 5.88 Å². The first-order valence-electron chi connectivity index (χ1n) is 3.93. The third-order valence-electron chi connectivity index (χ3n) is 1.61. The van der Waals surface area contributed by atoms with Crippen LogP contribution in [-0.2, 0) is 11.2 Å². The Kier molecular flexibility index (Phi) is 4.33. The maximum Gasteiger partial charge on any atom is 0.147 e. The molecule has 0 amide bonds. The van der Waals surface area contributed by atoms with E-state index in [1.807, 2.05) is 6.07 Å². The van der Waals surface area contributed by atoms with Crippen molar-refractivity contribution in [1.82, 2.24) is 0 Å². The smallest absolute Gasteiger partial charge is 0.147 e. The second-order valence-electron chi connectivity index (χ2n) is 2.61. The SMILES string of the molecule is O=C(CCl)CCCc1cccs1. The zero-order valence-electron chi connectivity index (χ0n) is 6.75. The number of carbonyl (C=O) groups is 1. The van der Waals surface area contributed by atoms with Crippen molar-refractivity contribution in [3.05, 3.63) is 22.4 Å². The fraction of sp³-hybridized carbons (Fsp3) is 0.444. The molecule has 0 unspecified atom stereocenters. The van der Waals surface area contributed by atoms with Gasteiger partial charge in [-0.1, -0.05) is 6.07 Å². The quantitative estimate of drug-likeness (QED) is 0.672. The van der Waals surface area contributed by atoms with Crippen molar-refractivity contribution in [1.29, 1.82) is 0 Å².